The maximum atomic E-state index is 12.5. The molecule has 0 unspecified atom stereocenters. The lowest BCUT2D eigenvalue weighted by Crippen LogP contribution is -2.33. The van der Waals surface area contributed by atoms with Gasteiger partial charge in [-0.25, -0.2) is 0 Å². The van der Waals surface area contributed by atoms with E-state index in [9.17, 15) is 14.9 Å². The van der Waals surface area contributed by atoms with Gasteiger partial charge in [-0.15, -0.1) is 13.2 Å². The number of anilines is 2. The predicted molar refractivity (Wildman–Crippen MR) is 94.7 cm³/mol. The quantitative estimate of drug-likeness (QED) is 0.360. The molecule has 24 heavy (non-hydrogen) atoms. The van der Waals surface area contributed by atoms with Gasteiger partial charge < -0.3 is 10.6 Å². The zero-order chi connectivity index (χ0) is 18.1. The Labute approximate surface area is 141 Å². The second-order valence-electron chi connectivity index (χ2n) is 4.93. The third-order valence-electron chi connectivity index (χ3n) is 3.08. The van der Waals surface area contributed by atoms with Gasteiger partial charge in [0.2, 0.25) is 5.91 Å². The van der Waals surface area contributed by atoms with Gasteiger partial charge >= 0.3 is 0 Å². The van der Waals surface area contributed by atoms with Crippen LogP contribution in [0, 0.1) is 11.3 Å². The normalized spacial score (nSPS) is 10.4. The fourth-order valence-corrected chi connectivity index (χ4v) is 2.01. The number of nitrogens with two attached hydrogens (primary N) is 1. The first-order valence-corrected chi connectivity index (χ1v) is 7.23. The number of hydrogen-bond donors (Lipinski definition) is 1. The Morgan fingerprint density at radius 3 is 2.38 bits per heavy atom. The summed E-state index contributed by atoms with van der Waals surface area (Å²) in [4.78, 5) is 27.0. The summed E-state index contributed by atoms with van der Waals surface area (Å²) in [5.41, 5.74) is 6.50. The summed E-state index contributed by atoms with van der Waals surface area (Å²) < 4.78 is 0. The molecule has 0 saturated carbocycles. The molecule has 0 saturated heterocycles. The van der Waals surface area contributed by atoms with Crippen LogP contribution < -0.4 is 10.6 Å². The van der Waals surface area contributed by atoms with Crippen molar-refractivity contribution in [3.05, 3.63) is 61.3 Å². The molecule has 1 aromatic carbocycles. The predicted octanol–water partition coefficient (Wildman–Crippen LogP) is 2.23. The maximum Gasteiger partial charge on any atom is 0.266 e. The Morgan fingerprint density at radius 1 is 1.29 bits per heavy atom. The van der Waals surface area contributed by atoms with Crippen LogP contribution in [0.15, 0.2) is 61.3 Å². The third kappa shape index (κ3) is 4.85. The summed E-state index contributed by atoms with van der Waals surface area (Å²) in [7, 11) is 0. The van der Waals surface area contributed by atoms with Crippen LogP contribution in [0.4, 0.5) is 11.4 Å². The molecule has 6 nitrogen and oxygen atoms in total. The average molecular weight is 324 g/mol. The first-order valence-electron chi connectivity index (χ1n) is 7.23. The van der Waals surface area contributed by atoms with Gasteiger partial charge in [0.1, 0.15) is 11.6 Å². The highest BCUT2D eigenvalue weighted by Crippen LogP contribution is 2.19. The third-order valence-corrected chi connectivity index (χ3v) is 3.08. The Bertz CT molecular complexity index is 706. The summed E-state index contributed by atoms with van der Waals surface area (Å²) in [6.07, 6.45) is 4.33. The minimum Gasteiger partial charge on any atom is -0.399 e. The van der Waals surface area contributed by atoms with Gasteiger partial charge in [-0.1, -0.05) is 18.2 Å². The number of carbonyl (C=O) groups excluding carboxylic acids is 2. The minimum absolute atomic E-state index is 0.170. The van der Waals surface area contributed by atoms with E-state index in [0.29, 0.717) is 11.4 Å². The van der Waals surface area contributed by atoms with Crippen LogP contribution in [0.1, 0.15) is 6.92 Å². The number of benzene rings is 1. The van der Waals surface area contributed by atoms with Gasteiger partial charge in [0.25, 0.3) is 5.91 Å². The molecule has 2 N–H and O–H groups in total. The zero-order valence-electron chi connectivity index (χ0n) is 13.6. The summed E-state index contributed by atoms with van der Waals surface area (Å²) in [6, 6.07) is 8.46. The van der Waals surface area contributed by atoms with Crippen molar-refractivity contribution in [2.24, 2.45) is 0 Å². The van der Waals surface area contributed by atoms with Gasteiger partial charge in [-0.2, -0.15) is 5.26 Å². The fourth-order valence-electron chi connectivity index (χ4n) is 2.01. The number of hydrogen-bond acceptors (Lipinski definition) is 4. The van der Waals surface area contributed by atoms with E-state index in [1.54, 1.807) is 36.4 Å². The molecule has 1 rings (SSSR count). The van der Waals surface area contributed by atoms with Crippen LogP contribution >= 0.6 is 0 Å². The topological polar surface area (TPSA) is 90.4 Å². The monoisotopic (exact) mass is 324 g/mol. The maximum absolute atomic E-state index is 12.5. The Morgan fingerprint density at radius 2 is 1.92 bits per heavy atom. The standard InChI is InChI=1S/C18H20N4O2/c1-4-9-21(10-5-2)18(24)15(12-19)13-22(14(3)23)17-8-6-7-16(20)11-17/h4-8,11,13H,1-2,9-10,20H2,3H3/b15-13-. The molecule has 0 bridgehead atoms. The van der Waals surface area contributed by atoms with Crippen LogP contribution in [-0.4, -0.2) is 29.8 Å². The molecule has 0 aromatic heterocycles. The van der Waals surface area contributed by atoms with Crippen molar-refractivity contribution < 1.29 is 9.59 Å². The molecule has 0 atom stereocenters. The highest BCUT2D eigenvalue weighted by Gasteiger charge is 2.19. The van der Waals surface area contributed by atoms with Crippen LogP contribution in [0.5, 0.6) is 0 Å². The summed E-state index contributed by atoms with van der Waals surface area (Å²) in [6.45, 7) is 9.05. The molecule has 0 aliphatic heterocycles. The first kappa shape index (κ1) is 18.7. The van der Waals surface area contributed by atoms with Crippen LogP contribution in [0.3, 0.4) is 0 Å². The lowest BCUT2D eigenvalue weighted by atomic mass is 10.2. The lowest BCUT2D eigenvalue weighted by Gasteiger charge is -2.21. The average Bonchev–Trinajstić information content (AvgIpc) is 2.54. The molecule has 0 aliphatic rings. The largest absolute Gasteiger partial charge is 0.399 e. The van der Waals surface area contributed by atoms with Gasteiger partial charge in [-0.05, 0) is 18.2 Å². The van der Waals surface area contributed by atoms with Crippen molar-refractivity contribution in [3.8, 4) is 6.07 Å². The first-order chi connectivity index (χ1) is 11.4. The highest BCUT2D eigenvalue weighted by atomic mass is 16.2. The molecule has 0 spiro atoms. The smallest absolute Gasteiger partial charge is 0.266 e. The van der Waals surface area contributed by atoms with E-state index >= 15 is 0 Å². The lowest BCUT2D eigenvalue weighted by molar-refractivity contribution is -0.125. The van der Waals surface area contributed by atoms with E-state index in [0.717, 1.165) is 0 Å². The number of nitriles is 1. The molecule has 0 fully saturated rings. The summed E-state index contributed by atoms with van der Waals surface area (Å²) >= 11 is 0. The Hall–Kier alpha value is -3.33. The van der Waals surface area contributed by atoms with Crippen LogP contribution in [0.25, 0.3) is 0 Å². The number of nitrogen functional groups attached to an aromatic ring is 1. The van der Waals surface area contributed by atoms with Crippen molar-refractivity contribution in [2.75, 3.05) is 23.7 Å². The molecular weight excluding hydrogens is 304 g/mol. The number of amides is 2. The Balaban J connectivity index is 3.25. The number of nitrogens with zero attached hydrogens (tertiary/aromatic N) is 3. The van der Waals surface area contributed by atoms with E-state index in [1.165, 1.54) is 22.9 Å². The van der Waals surface area contributed by atoms with Gasteiger partial charge in [0, 0.05) is 31.9 Å². The minimum atomic E-state index is -0.507. The summed E-state index contributed by atoms with van der Waals surface area (Å²) in [5.74, 6) is -0.854. The summed E-state index contributed by atoms with van der Waals surface area (Å²) in [5, 5.41) is 9.33. The van der Waals surface area contributed by atoms with Gasteiger partial charge in [0.05, 0.1) is 5.69 Å². The van der Waals surface area contributed by atoms with Crippen molar-refractivity contribution >= 4 is 23.2 Å². The molecule has 1 aromatic rings. The second-order valence-corrected chi connectivity index (χ2v) is 4.93. The SMILES string of the molecule is C=CCN(CC=C)C(=O)/C(C#N)=C\N(C(C)=O)c1cccc(N)c1. The van der Waals surface area contributed by atoms with Crippen molar-refractivity contribution in [3.63, 3.8) is 0 Å². The molecule has 124 valence electrons. The zero-order valence-corrected chi connectivity index (χ0v) is 13.6. The molecule has 0 radical (unpaired) electrons. The molecule has 2 amide bonds. The second kappa shape index (κ2) is 8.96. The van der Waals surface area contributed by atoms with Crippen molar-refractivity contribution in [2.45, 2.75) is 6.92 Å². The van der Waals surface area contributed by atoms with Crippen LogP contribution in [-0.2, 0) is 9.59 Å². The van der Waals surface area contributed by atoms with Crippen molar-refractivity contribution in [1.29, 1.82) is 5.26 Å². The van der Waals surface area contributed by atoms with E-state index in [1.807, 2.05) is 6.07 Å². The fraction of sp³-hybridized carbons (Fsp3) is 0.167. The van der Waals surface area contributed by atoms with E-state index in [2.05, 4.69) is 13.2 Å². The number of carbonyl (C=O) groups is 2. The van der Waals surface area contributed by atoms with E-state index in [4.69, 9.17) is 5.73 Å². The Kier molecular flexibility index (Phi) is 6.98. The van der Waals surface area contributed by atoms with Crippen molar-refractivity contribution in [1.82, 2.24) is 4.90 Å². The number of rotatable bonds is 7. The van der Waals surface area contributed by atoms with Gasteiger partial charge in [0.15, 0.2) is 0 Å². The van der Waals surface area contributed by atoms with E-state index in [-0.39, 0.29) is 24.6 Å². The highest BCUT2D eigenvalue weighted by molar-refractivity contribution is 6.01. The molecule has 0 aliphatic carbocycles. The molecular formula is C18H20N4O2. The molecule has 0 heterocycles. The molecule has 6 heteroatoms. The van der Waals surface area contributed by atoms with Crippen LogP contribution in [0.2, 0.25) is 0 Å². The van der Waals surface area contributed by atoms with Gasteiger partial charge in [-0.3, -0.25) is 14.5 Å². The van der Waals surface area contributed by atoms with E-state index < -0.39 is 5.91 Å².